The maximum absolute atomic E-state index is 12.6. The minimum atomic E-state index is -3.31. The number of fused-ring (bicyclic) bond motifs is 2. The largest absolute Gasteiger partial charge is 0.489 e. The molecule has 0 N–H and O–H groups in total. The lowest BCUT2D eigenvalue weighted by Gasteiger charge is -2.41. The van der Waals surface area contributed by atoms with Crippen LogP contribution >= 0.6 is 0 Å². The first kappa shape index (κ1) is 24.3. The zero-order valence-electron chi connectivity index (χ0n) is 20.0. The summed E-state index contributed by atoms with van der Waals surface area (Å²) in [5.41, 5.74) is -0.479. The van der Waals surface area contributed by atoms with Crippen molar-refractivity contribution in [2.24, 2.45) is 0 Å². The maximum atomic E-state index is 12.6. The number of hydrogen-bond donors (Lipinski definition) is 0. The van der Waals surface area contributed by atoms with Crippen LogP contribution in [0.25, 0.3) is 0 Å². The first-order valence-corrected chi connectivity index (χ1v) is 13.9. The van der Waals surface area contributed by atoms with Gasteiger partial charge in [0.1, 0.15) is 11.4 Å². The summed E-state index contributed by atoms with van der Waals surface area (Å²) in [6.45, 7) is 5.71. The molecule has 1 aromatic rings. The van der Waals surface area contributed by atoms with Gasteiger partial charge in [0, 0.05) is 30.6 Å². The molecule has 1 amide bonds. The lowest BCUT2D eigenvalue weighted by atomic mass is 9.93. The molecule has 0 spiro atoms. The number of hydrogen-bond acceptors (Lipinski definition) is 7. The molecule has 2 aliphatic heterocycles. The lowest BCUT2D eigenvalue weighted by molar-refractivity contribution is -0.0813. The molecule has 0 unspecified atom stereocenters. The van der Waals surface area contributed by atoms with Gasteiger partial charge in [-0.15, -0.1) is 0 Å². The normalized spacial score (nSPS) is 30.2. The molecule has 2 saturated heterocycles. The van der Waals surface area contributed by atoms with Crippen molar-refractivity contribution in [1.29, 1.82) is 0 Å². The van der Waals surface area contributed by atoms with Gasteiger partial charge in [-0.05, 0) is 72.1 Å². The predicted molar refractivity (Wildman–Crippen MR) is 123 cm³/mol. The second-order valence-electron chi connectivity index (χ2n) is 10.6. The summed E-state index contributed by atoms with van der Waals surface area (Å²) < 4.78 is 41.6. The Bertz CT molecular complexity index is 938. The molecule has 9 heteroatoms. The molecule has 3 heterocycles. The second-order valence-corrected chi connectivity index (χ2v) is 12.7. The Labute approximate surface area is 196 Å². The molecule has 2 bridgehead atoms. The van der Waals surface area contributed by atoms with Crippen LogP contribution in [0.3, 0.4) is 0 Å². The van der Waals surface area contributed by atoms with E-state index in [2.05, 4.69) is 4.98 Å². The first-order valence-electron chi connectivity index (χ1n) is 12.0. The van der Waals surface area contributed by atoms with Gasteiger partial charge in [0.05, 0.1) is 29.4 Å². The lowest BCUT2D eigenvalue weighted by Crippen LogP contribution is -2.50. The van der Waals surface area contributed by atoms with E-state index >= 15 is 0 Å². The van der Waals surface area contributed by atoms with E-state index < -0.39 is 15.4 Å². The minimum absolute atomic E-state index is 0.0339. The fourth-order valence-electron chi connectivity index (χ4n) is 5.27. The number of aromatic nitrogens is 1. The third-order valence-electron chi connectivity index (χ3n) is 6.72. The number of pyridine rings is 1. The number of carbonyl (C=O) groups excluding carboxylic acids is 1. The van der Waals surface area contributed by atoms with E-state index in [4.69, 9.17) is 14.2 Å². The SMILES string of the molecule is CC(C)(C)OC(=O)N1[C@H]2CC[C@H]1CC(OC1CCC(Oc3cncc(S(C)(=O)=O)c3)CC1)C2. The topological polar surface area (TPSA) is 95.0 Å². The van der Waals surface area contributed by atoms with Gasteiger partial charge in [0.15, 0.2) is 9.84 Å². The number of ether oxygens (including phenoxy) is 3. The van der Waals surface area contributed by atoms with Crippen molar-refractivity contribution in [1.82, 2.24) is 9.88 Å². The maximum Gasteiger partial charge on any atom is 0.410 e. The van der Waals surface area contributed by atoms with Gasteiger partial charge in [-0.25, -0.2) is 13.2 Å². The van der Waals surface area contributed by atoms with Crippen LogP contribution in [-0.4, -0.2) is 66.6 Å². The molecule has 0 radical (unpaired) electrons. The Balaban J connectivity index is 1.25. The number of piperidine rings is 1. The molecule has 0 aromatic carbocycles. The molecule has 2 atom stereocenters. The van der Waals surface area contributed by atoms with Crippen LogP contribution in [0.2, 0.25) is 0 Å². The van der Waals surface area contributed by atoms with E-state index in [1.807, 2.05) is 25.7 Å². The van der Waals surface area contributed by atoms with Gasteiger partial charge in [-0.1, -0.05) is 0 Å². The second kappa shape index (κ2) is 9.41. The summed E-state index contributed by atoms with van der Waals surface area (Å²) in [6.07, 6.45) is 11.6. The highest BCUT2D eigenvalue weighted by Crippen LogP contribution is 2.39. The molecule has 1 aromatic heterocycles. The molecule has 3 fully saturated rings. The third-order valence-corrected chi connectivity index (χ3v) is 7.80. The smallest absolute Gasteiger partial charge is 0.410 e. The Hall–Kier alpha value is -1.87. The summed E-state index contributed by atoms with van der Waals surface area (Å²) in [5.74, 6) is 0.494. The van der Waals surface area contributed by atoms with Crippen LogP contribution in [-0.2, 0) is 19.3 Å². The van der Waals surface area contributed by atoms with E-state index in [-0.39, 0.29) is 41.4 Å². The Morgan fingerprint density at radius 1 is 0.970 bits per heavy atom. The van der Waals surface area contributed by atoms with E-state index in [1.54, 1.807) is 12.3 Å². The monoisotopic (exact) mass is 480 g/mol. The summed E-state index contributed by atoms with van der Waals surface area (Å²) in [6, 6.07) is 1.95. The van der Waals surface area contributed by atoms with Gasteiger partial charge in [0.2, 0.25) is 0 Å². The third kappa shape index (κ3) is 6.18. The Morgan fingerprint density at radius 2 is 1.58 bits per heavy atom. The number of nitrogens with zero attached hydrogens (tertiary/aromatic N) is 2. The Morgan fingerprint density at radius 3 is 2.15 bits per heavy atom. The van der Waals surface area contributed by atoms with Crippen molar-refractivity contribution in [2.45, 2.75) is 113 Å². The predicted octanol–water partition coefficient (Wildman–Crippen LogP) is 4.12. The van der Waals surface area contributed by atoms with Crippen LogP contribution in [0, 0.1) is 0 Å². The average molecular weight is 481 g/mol. The average Bonchev–Trinajstić information content (AvgIpc) is 2.99. The molecular formula is C24H36N2O6S. The van der Waals surface area contributed by atoms with Crippen LogP contribution in [0.15, 0.2) is 23.4 Å². The van der Waals surface area contributed by atoms with Crippen molar-refractivity contribution < 1.29 is 27.4 Å². The van der Waals surface area contributed by atoms with Gasteiger partial charge in [0.25, 0.3) is 0 Å². The highest BCUT2D eigenvalue weighted by atomic mass is 32.2. The Kier molecular flexibility index (Phi) is 6.92. The zero-order chi connectivity index (χ0) is 23.8. The van der Waals surface area contributed by atoms with Crippen molar-refractivity contribution in [3.63, 3.8) is 0 Å². The molecule has 3 aliphatic rings. The van der Waals surface area contributed by atoms with E-state index in [0.29, 0.717) is 5.75 Å². The summed E-state index contributed by atoms with van der Waals surface area (Å²) in [4.78, 5) is 18.8. The standard InChI is InChI=1S/C24H36N2O6S/c1-24(2,3)32-23(27)26-16-5-6-17(26)12-20(11-16)30-18-7-9-19(10-8-18)31-21-13-22(15-25-14-21)33(4,28)29/h13-20H,5-12H2,1-4H3/t16-,17-,18?,19?/m0/s1. The van der Waals surface area contributed by atoms with Crippen molar-refractivity contribution in [3.05, 3.63) is 18.5 Å². The molecule has 4 rings (SSSR count). The summed E-state index contributed by atoms with van der Waals surface area (Å²) in [5, 5.41) is 0. The zero-order valence-corrected chi connectivity index (χ0v) is 20.8. The molecule has 33 heavy (non-hydrogen) atoms. The van der Waals surface area contributed by atoms with Crippen molar-refractivity contribution in [3.8, 4) is 5.75 Å². The molecular weight excluding hydrogens is 444 g/mol. The van der Waals surface area contributed by atoms with E-state index in [9.17, 15) is 13.2 Å². The number of carbonyl (C=O) groups is 1. The number of amides is 1. The van der Waals surface area contributed by atoms with Crippen molar-refractivity contribution in [2.75, 3.05) is 6.26 Å². The van der Waals surface area contributed by atoms with E-state index in [0.717, 1.165) is 51.4 Å². The van der Waals surface area contributed by atoms with Gasteiger partial charge < -0.3 is 19.1 Å². The van der Waals surface area contributed by atoms with Gasteiger partial charge in [-0.3, -0.25) is 4.98 Å². The molecule has 1 saturated carbocycles. The van der Waals surface area contributed by atoms with E-state index in [1.165, 1.54) is 12.5 Å². The molecule has 1 aliphatic carbocycles. The fourth-order valence-corrected chi connectivity index (χ4v) is 5.85. The fraction of sp³-hybridized carbons (Fsp3) is 0.750. The highest BCUT2D eigenvalue weighted by Gasteiger charge is 2.45. The van der Waals surface area contributed by atoms with Crippen LogP contribution in [0.5, 0.6) is 5.75 Å². The van der Waals surface area contributed by atoms with Gasteiger partial charge in [-0.2, -0.15) is 0 Å². The van der Waals surface area contributed by atoms with Crippen LogP contribution in [0.1, 0.15) is 72.1 Å². The van der Waals surface area contributed by atoms with Crippen molar-refractivity contribution >= 4 is 15.9 Å². The van der Waals surface area contributed by atoms with Crippen LogP contribution < -0.4 is 4.74 Å². The van der Waals surface area contributed by atoms with Crippen LogP contribution in [0.4, 0.5) is 4.79 Å². The quantitative estimate of drug-likeness (QED) is 0.625. The molecule has 184 valence electrons. The summed E-state index contributed by atoms with van der Waals surface area (Å²) in [7, 11) is -3.31. The van der Waals surface area contributed by atoms with Gasteiger partial charge >= 0.3 is 6.09 Å². The molecule has 8 nitrogen and oxygen atoms in total. The first-order chi connectivity index (χ1) is 15.5. The number of sulfone groups is 1. The number of rotatable bonds is 5. The highest BCUT2D eigenvalue weighted by molar-refractivity contribution is 7.90. The summed E-state index contributed by atoms with van der Waals surface area (Å²) >= 11 is 0. The minimum Gasteiger partial charge on any atom is -0.489 e.